The molecule has 3 heterocycles. The lowest BCUT2D eigenvalue weighted by Gasteiger charge is -2.27. The summed E-state index contributed by atoms with van der Waals surface area (Å²) in [5.74, 6) is -0.101. The van der Waals surface area contributed by atoms with Crippen LogP contribution in [0.3, 0.4) is 0 Å². The number of benzene rings is 1. The molecule has 1 aromatic heterocycles. The molecule has 0 saturated carbocycles. The van der Waals surface area contributed by atoms with Crippen molar-refractivity contribution in [1.29, 1.82) is 0 Å². The first-order valence-electron chi connectivity index (χ1n) is 16.8. The molecule has 0 aliphatic carbocycles. The van der Waals surface area contributed by atoms with Gasteiger partial charge < -0.3 is 35.0 Å². The number of halogens is 1. The van der Waals surface area contributed by atoms with Crippen molar-refractivity contribution in [2.45, 2.75) is 78.3 Å². The van der Waals surface area contributed by atoms with E-state index >= 15 is 0 Å². The summed E-state index contributed by atoms with van der Waals surface area (Å²) >= 11 is 0. The van der Waals surface area contributed by atoms with E-state index in [4.69, 9.17) is 14.5 Å². The second-order valence-electron chi connectivity index (χ2n) is 12.8. The molecule has 0 unspecified atom stereocenters. The second-order valence-corrected chi connectivity index (χ2v) is 12.8. The van der Waals surface area contributed by atoms with Crippen LogP contribution in [0.15, 0.2) is 24.3 Å². The fraction of sp³-hybridized carbons (Fsp3) is 0.600. The van der Waals surface area contributed by atoms with Crippen LogP contribution in [0.4, 0.5) is 15.0 Å². The second kappa shape index (κ2) is 18.0. The summed E-state index contributed by atoms with van der Waals surface area (Å²) in [5.41, 5.74) is 3.89. The van der Waals surface area contributed by atoms with Gasteiger partial charge in [0.15, 0.2) is 0 Å². The minimum atomic E-state index is -1.05. The van der Waals surface area contributed by atoms with E-state index in [1.807, 2.05) is 0 Å². The van der Waals surface area contributed by atoms with Gasteiger partial charge in [0.05, 0.1) is 32.3 Å². The van der Waals surface area contributed by atoms with Gasteiger partial charge in [0.1, 0.15) is 11.6 Å². The van der Waals surface area contributed by atoms with Crippen molar-refractivity contribution >= 4 is 23.7 Å². The minimum Gasteiger partial charge on any atom is -0.481 e. The highest BCUT2D eigenvalue weighted by molar-refractivity contribution is 5.78. The highest BCUT2D eigenvalue weighted by atomic mass is 19.1. The quantitative estimate of drug-likeness (QED) is 0.183. The van der Waals surface area contributed by atoms with Crippen molar-refractivity contribution in [3.8, 4) is 0 Å². The van der Waals surface area contributed by atoms with Crippen LogP contribution in [-0.4, -0.2) is 90.4 Å². The molecular weight excluding hydrogens is 605 g/mol. The zero-order chi connectivity index (χ0) is 33.8. The fourth-order valence-electron chi connectivity index (χ4n) is 5.85. The molecule has 2 aliphatic rings. The van der Waals surface area contributed by atoms with E-state index in [9.17, 15) is 23.9 Å². The largest absolute Gasteiger partial charge is 0.481 e. The Morgan fingerprint density at radius 3 is 2.66 bits per heavy atom. The number of rotatable bonds is 19. The average Bonchev–Trinajstić information content (AvgIpc) is 3.40. The molecule has 12 heteroatoms. The third kappa shape index (κ3) is 10.9. The van der Waals surface area contributed by atoms with Gasteiger partial charge in [-0.05, 0) is 79.3 Å². The van der Waals surface area contributed by atoms with Crippen LogP contribution in [0.5, 0.6) is 0 Å². The normalized spacial score (nSPS) is 15.1. The van der Waals surface area contributed by atoms with Crippen molar-refractivity contribution < 1.29 is 33.4 Å². The summed E-state index contributed by atoms with van der Waals surface area (Å²) in [6.45, 7) is 10.5. The summed E-state index contributed by atoms with van der Waals surface area (Å²) in [6.07, 6.45) is 4.15. The molecule has 1 saturated heterocycles. The van der Waals surface area contributed by atoms with Gasteiger partial charge in [-0.15, -0.1) is 0 Å². The molecule has 0 spiro atoms. The Labute approximate surface area is 277 Å². The lowest BCUT2D eigenvalue weighted by Crippen LogP contribution is -2.36. The van der Waals surface area contributed by atoms with Gasteiger partial charge >= 0.3 is 12.0 Å². The number of carboxylic acids is 1. The number of carboxylic acid groups (broad SMARTS) is 1. The molecule has 2 aromatic rings. The third-order valence-corrected chi connectivity index (χ3v) is 8.64. The Kier molecular flexibility index (Phi) is 13.8. The fourth-order valence-corrected chi connectivity index (χ4v) is 5.85. The number of carbonyl (C=O) groups excluding carboxylic acids is 2. The number of fused-ring (bicyclic) bond motifs is 1. The number of ether oxygens (including phenoxy) is 2. The number of hydrogen-bond donors (Lipinski definition) is 3. The average molecular weight is 656 g/mol. The van der Waals surface area contributed by atoms with E-state index in [1.54, 1.807) is 24.0 Å². The van der Waals surface area contributed by atoms with Crippen LogP contribution >= 0.6 is 0 Å². The van der Waals surface area contributed by atoms with E-state index in [2.05, 4.69) is 30.5 Å². The number of aromatic nitrogens is 1. The smallest absolute Gasteiger partial charge is 0.320 e. The Balaban J connectivity index is 1.29. The first-order valence-corrected chi connectivity index (χ1v) is 16.8. The molecule has 1 atom stereocenters. The zero-order valence-corrected chi connectivity index (χ0v) is 28.0. The highest BCUT2D eigenvalue weighted by Crippen LogP contribution is 2.30. The first kappa shape index (κ1) is 36.1. The molecule has 3 N–H and O–H groups in total. The maximum atomic E-state index is 14.3. The standard InChI is InChI=1S/C35H50FN5O6/c1-24(2)10-16-46-18-19-47-17-11-32(42)38-23-28-20-27-6-4-12-37-34(27)39-30(28)7-5-13-40-14-15-41(35(40)45)31(22-33(43)44)26-9-8-25(3)29(36)21-26/h8-9,20-21,24,31H,4-7,10-19,22-23H2,1-3H3,(H,37,39)(H,38,42)(H,43,44)/t31-/m0/s1. The third-order valence-electron chi connectivity index (χ3n) is 8.64. The van der Waals surface area contributed by atoms with Gasteiger partial charge in [-0.25, -0.2) is 14.2 Å². The summed E-state index contributed by atoms with van der Waals surface area (Å²) in [5, 5.41) is 15.9. The van der Waals surface area contributed by atoms with E-state index in [0.717, 1.165) is 48.4 Å². The van der Waals surface area contributed by atoms with Crippen LogP contribution in [-0.2, 0) is 38.4 Å². The Morgan fingerprint density at radius 1 is 1.13 bits per heavy atom. The van der Waals surface area contributed by atoms with Gasteiger partial charge in [0.2, 0.25) is 5.91 Å². The molecule has 1 aromatic carbocycles. The Hall–Kier alpha value is -3.77. The number of urea groups is 1. The number of amides is 3. The lowest BCUT2D eigenvalue weighted by atomic mass is 10.0. The summed E-state index contributed by atoms with van der Waals surface area (Å²) in [6, 6.07) is 5.74. The maximum Gasteiger partial charge on any atom is 0.320 e. The van der Waals surface area contributed by atoms with Gasteiger partial charge in [0.25, 0.3) is 0 Å². The summed E-state index contributed by atoms with van der Waals surface area (Å²) < 4.78 is 25.4. The number of nitrogens with one attached hydrogen (secondary N) is 2. The van der Waals surface area contributed by atoms with E-state index in [-0.39, 0.29) is 24.8 Å². The van der Waals surface area contributed by atoms with Crippen LogP contribution in [0.25, 0.3) is 0 Å². The molecule has 1 fully saturated rings. The number of aryl methyl sites for hydroxylation is 3. The maximum absolute atomic E-state index is 14.3. The summed E-state index contributed by atoms with van der Waals surface area (Å²) in [4.78, 5) is 45.8. The first-order chi connectivity index (χ1) is 22.6. The van der Waals surface area contributed by atoms with Crippen molar-refractivity contribution in [3.63, 3.8) is 0 Å². The van der Waals surface area contributed by atoms with Crippen LogP contribution < -0.4 is 10.6 Å². The number of hydrogen-bond acceptors (Lipinski definition) is 7. The van der Waals surface area contributed by atoms with Crippen LogP contribution in [0.1, 0.15) is 79.9 Å². The number of anilines is 1. The molecule has 258 valence electrons. The molecule has 0 bridgehead atoms. The number of aliphatic carboxylic acids is 1. The van der Waals surface area contributed by atoms with Crippen molar-refractivity contribution in [2.24, 2.45) is 5.92 Å². The molecule has 0 radical (unpaired) electrons. The zero-order valence-electron chi connectivity index (χ0n) is 28.0. The molecule has 4 rings (SSSR count). The van der Waals surface area contributed by atoms with Gasteiger partial charge in [-0.1, -0.05) is 26.0 Å². The van der Waals surface area contributed by atoms with Crippen molar-refractivity contribution in [3.05, 3.63) is 58.0 Å². The van der Waals surface area contributed by atoms with Gasteiger partial charge in [-0.3, -0.25) is 9.59 Å². The van der Waals surface area contributed by atoms with Crippen molar-refractivity contribution in [1.82, 2.24) is 20.1 Å². The molecular formula is C35H50FN5O6. The van der Waals surface area contributed by atoms with Crippen LogP contribution in [0, 0.1) is 18.7 Å². The van der Waals surface area contributed by atoms with E-state index in [0.29, 0.717) is 82.5 Å². The Morgan fingerprint density at radius 2 is 1.91 bits per heavy atom. The SMILES string of the molecule is Cc1ccc([C@H](CC(=O)O)N2CCN(CCCc3nc4c(cc3CNC(=O)CCOCCOCCC(C)C)CCCN4)C2=O)cc1F. The van der Waals surface area contributed by atoms with Crippen LogP contribution in [0.2, 0.25) is 0 Å². The molecule has 2 aliphatic heterocycles. The van der Waals surface area contributed by atoms with Gasteiger partial charge in [0, 0.05) is 51.4 Å². The Bertz CT molecular complexity index is 1370. The highest BCUT2D eigenvalue weighted by Gasteiger charge is 2.35. The monoisotopic (exact) mass is 655 g/mol. The number of pyridine rings is 1. The number of carbonyl (C=O) groups is 3. The van der Waals surface area contributed by atoms with Crippen molar-refractivity contribution in [2.75, 3.05) is 57.9 Å². The summed E-state index contributed by atoms with van der Waals surface area (Å²) in [7, 11) is 0. The van der Waals surface area contributed by atoms with E-state index < -0.39 is 17.8 Å². The lowest BCUT2D eigenvalue weighted by molar-refractivity contribution is -0.138. The number of nitrogens with zero attached hydrogens (tertiary/aromatic N) is 3. The minimum absolute atomic E-state index is 0.0975. The predicted molar refractivity (Wildman–Crippen MR) is 177 cm³/mol. The van der Waals surface area contributed by atoms with E-state index in [1.165, 1.54) is 11.0 Å². The molecule has 3 amide bonds. The predicted octanol–water partition coefficient (Wildman–Crippen LogP) is 4.86. The van der Waals surface area contributed by atoms with Gasteiger partial charge in [-0.2, -0.15) is 0 Å². The molecule has 47 heavy (non-hydrogen) atoms. The molecule has 11 nitrogen and oxygen atoms in total. The topological polar surface area (TPSA) is 133 Å².